The van der Waals surface area contributed by atoms with Gasteiger partial charge in [0.1, 0.15) is 6.10 Å². The van der Waals surface area contributed by atoms with E-state index in [1.54, 1.807) is 45.3 Å². The monoisotopic (exact) mass is 292 g/mol. The van der Waals surface area contributed by atoms with Gasteiger partial charge in [-0.25, -0.2) is 0 Å². The molecule has 0 aromatic heterocycles. The summed E-state index contributed by atoms with van der Waals surface area (Å²) in [7, 11) is 3.38. The smallest absolute Gasteiger partial charge is 0.253 e. The van der Waals surface area contributed by atoms with E-state index in [9.17, 15) is 9.59 Å². The lowest BCUT2D eigenvalue weighted by Gasteiger charge is -2.15. The first-order valence-electron chi connectivity index (χ1n) is 7.05. The second-order valence-corrected chi connectivity index (χ2v) is 5.64. The predicted octanol–water partition coefficient (Wildman–Crippen LogP) is 2.39. The van der Waals surface area contributed by atoms with Crippen molar-refractivity contribution in [3.8, 4) is 0 Å². The quantitative estimate of drug-likeness (QED) is 0.876. The molecule has 2 amide bonds. The molecule has 21 heavy (non-hydrogen) atoms. The number of nitrogens with zero attached hydrogens (tertiary/aromatic N) is 1. The molecule has 0 aliphatic rings. The van der Waals surface area contributed by atoms with E-state index in [1.165, 1.54) is 4.90 Å². The number of nitrogens with one attached hydrogen (secondary N) is 1. The van der Waals surface area contributed by atoms with Crippen molar-refractivity contribution < 1.29 is 14.3 Å². The molecule has 0 radical (unpaired) electrons. The van der Waals surface area contributed by atoms with Crippen LogP contribution in [-0.4, -0.2) is 43.5 Å². The molecule has 1 atom stereocenters. The average molecular weight is 292 g/mol. The van der Waals surface area contributed by atoms with Crippen molar-refractivity contribution in [1.29, 1.82) is 0 Å². The largest absolute Gasteiger partial charge is 0.368 e. The first-order valence-corrected chi connectivity index (χ1v) is 7.05. The maximum Gasteiger partial charge on any atom is 0.253 e. The van der Waals surface area contributed by atoms with Gasteiger partial charge >= 0.3 is 0 Å². The second-order valence-electron chi connectivity index (χ2n) is 5.64. The lowest BCUT2D eigenvalue weighted by atomic mass is 10.1. The number of ether oxygens (including phenoxy) is 1. The lowest BCUT2D eigenvalue weighted by Crippen LogP contribution is -2.29. The van der Waals surface area contributed by atoms with Gasteiger partial charge in [-0.15, -0.1) is 0 Å². The van der Waals surface area contributed by atoms with E-state index >= 15 is 0 Å². The summed E-state index contributed by atoms with van der Waals surface area (Å²) in [6, 6.07) is 6.87. The van der Waals surface area contributed by atoms with Crippen LogP contribution in [0.2, 0.25) is 0 Å². The van der Waals surface area contributed by atoms with Crippen molar-refractivity contribution in [3.05, 3.63) is 29.8 Å². The summed E-state index contributed by atoms with van der Waals surface area (Å²) in [5.74, 6) is 0.0570. The standard InChI is InChI=1S/C16H24N2O3/c1-11(2)10-21-12(3)15(19)17-14-8-6-7-13(9-14)16(20)18(4)5/h6-9,11-12H,10H2,1-5H3,(H,17,19)/t12-/m1/s1. The Hall–Kier alpha value is -1.88. The van der Waals surface area contributed by atoms with Crippen molar-refractivity contribution in [1.82, 2.24) is 4.90 Å². The Morgan fingerprint density at radius 2 is 1.90 bits per heavy atom. The molecule has 116 valence electrons. The maximum absolute atomic E-state index is 12.0. The Bertz CT molecular complexity index is 498. The number of carbonyl (C=O) groups is 2. The van der Waals surface area contributed by atoms with Crippen molar-refractivity contribution in [2.45, 2.75) is 26.9 Å². The van der Waals surface area contributed by atoms with E-state index in [4.69, 9.17) is 4.74 Å². The predicted molar refractivity (Wildman–Crippen MR) is 83.3 cm³/mol. The fourth-order valence-electron chi connectivity index (χ4n) is 1.64. The summed E-state index contributed by atoms with van der Waals surface area (Å²) < 4.78 is 5.47. The molecule has 5 heteroatoms. The molecule has 1 aromatic rings. The fourth-order valence-corrected chi connectivity index (χ4v) is 1.64. The lowest BCUT2D eigenvalue weighted by molar-refractivity contribution is -0.126. The van der Waals surface area contributed by atoms with Crippen LogP contribution < -0.4 is 5.32 Å². The molecule has 0 fully saturated rings. The first-order chi connectivity index (χ1) is 9.81. The Labute approximate surface area is 126 Å². The molecule has 1 rings (SSSR count). The minimum absolute atomic E-state index is 0.102. The van der Waals surface area contributed by atoms with Crippen LogP contribution in [-0.2, 0) is 9.53 Å². The summed E-state index contributed by atoms with van der Waals surface area (Å²) in [6.45, 7) is 6.31. The normalized spacial score (nSPS) is 12.1. The van der Waals surface area contributed by atoms with Gasteiger partial charge in [0, 0.05) is 32.0 Å². The topological polar surface area (TPSA) is 58.6 Å². The highest BCUT2D eigenvalue weighted by Crippen LogP contribution is 2.13. The molecule has 0 saturated carbocycles. The molecule has 0 aliphatic carbocycles. The molecule has 0 heterocycles. The summed E-state index contributed by atoms with van der Waals surface area (Å²) in [6.07, 6.45) is -0.527. The molecule has 5 nitrogen and oxygen atoms in total. The van der Waals surface area contributed by atoms with Crippen LogP contribution in [0.25, 0.3) is 0 Å². The summed E-state index contributed by atoms with van der Waals surface area (Å²) in [4.78, 5) is 25.4. The number of anilines is 1. The number of amides is 2. The van der Waals surface area contributed by atoms with Crippen LogP contribution in [0.1, 0.15) is 31.1 Å². The summed E-state index contributed by atoms with van der Waals surface area (Å²) in [5.41, 5.74) is 1.13. The summed E-state index contributed by atoms with van der Waals surface area (Å²) in [5, 5.41) is 2.76. The number of hydrogen-bond donors (Lipinski definition) is 1. The number of carbonyl (C=O) groups excluding carboxylic acids is 2. The summed E-state index contributed by atoms with van der Waals surface area (Å²) >= 11 is 0. The Balaban J connectivity index is 2.68. The highest BCUT2D eigenvalue weighted by molar-refractivity contribution is 5.98. The van der Waals surface area contributed by atoms with Gasteiger partial charge in [0.2, 0.25) is 0 Å². The van der Waals surface area contributed by atoms with Gasteiger partial charge in [-0.1, -0.05) is 19.9 Å². The molecule has 0 bridgehead atoms. The third-order valence-corrected chi connectivity index (χ3v) is 2.83. The minimum Gasteiger partial charge on any atom is -0.368 e. The van der Waals surface area contributed by atoms with Crippen LogP contribution in [0.15, 0.2) is 24.3 Å². The van der Waals surface area contributed by atoms with Crippen LogP contribution in [0.3, 0.4) is 0 Å². The van der Waals surface area contributed by atoms with Gasteiger partial charge in [-0.3, -0.25) is 9.59 Å². The second kappa shape index (κ2) is 7.78. The number of hydrogen-bond acceptors (Lipinski definition) is 3. The molecule has 0 unspecified atom stereocenters. The molecule has 1 aromatic carbocycles. The van der Waals surface area contributed by atoms with Crippen LogP contribution in [0.4, 0.5) is 5.69 Å². The van der Waals surface area contributed by atoms with E-state index in [-0.39, 0.29) is 11.8 Å². The molecule has 1 N–H and O–H groups in total. The van der Waals surface area contributed by atoms with E-state index < -0.39 is 6.10 Å². The number of rotatable bonds is 6. The van der Waals surface area contributed by atoms with Crippen molar-refractivity contribution >= 4 is 17.5 Å². The van der Waals surface area contributed by atoms with Gasteiger partial charge < -0.3 is 15.0 Å². The molecular formula is C16H24N2O3. The van der Waals surface area contributed by atoms with Crippen LogP contribution >= 0.6 is 0 Å². The molecule has 0 saturated heterocycles. The van der Waals surface area contributed by atoms with E-state index in [2.05, 4.69) is 5.32 Å². The van der Waals surface area contributed by atoms with Gasteiger partial charge in [-0.05, 0) is 31.0 Å². The Morgan fingerprint density at radius 3 is 2.48 bits per heavy atom. The van der Waals surface area contributed by atoms with E-state index in [0.717, 1.165) is 0 Å². The average Bonchev–Trinajstić information content (AvgIpc) is 2.43. The molecular weight excluding hydrogens is 268 g/mol. The Kier molecular flexibility index (Phi) is 6.37. The van der Waals surface area contributed by atoms with Crippen molar-refractivity contribution in [3.63, 3.8) is 0 Å². The zero-order valence-corrected chi connectivity index (χ0v) is 13.3. The fraction of sp³-hybridized carbons (Fsp3) is 0.500. The highest BCUT2D eigenvalue weighted by atomic mass is 16.5. The van der Waals surface area contributed by atoms with Gasteiger partial charge in [0.25, 0.3) is 11.8 Å². The highest BCUT2D eigenvalue weighted by Gasteiger charge is 2.15. The van der Waals surface area contributed by atoms with E-state index in [1.807, 2.05) is 13.8 Å². The van der Waals surface area contributed by atoms with Crippen LogP contribution in [0.5, 0.6) is 0 Å². The maximum atomic E-state index is 12.0. The first kappa shape index (κ1) is 17.2. The SMILES string of the molecule is CC(C)CO[C@H](C)C(=O)Nc1cccc(C(=O)N(C)C)c1. The van der Waals surface area contributed by atoms with Gasteiger partial charge in [-0.2, -0.15) is 0 Å². The molecule has 0 spiro atoms. The third-order valence-electron chi connectivity index (χ3n) is 2.83. The molecule has 0 aliphatic heterocycles. The van der Waals surface area contributed by atoms with Crippen LogP contribution in [0, 0.1) is 5.92 Å². The van der Waals surface area contributed by atoms with Crippen molar-refractivity contribution in [2.75, 3.05) is 26.0 Å². The number of benzene rings is 1. The zero-order chi connectivity index (χ0) is 16.0. The zero-order valence-electron chi connectivity index (χ0n) is 13.3. The Morgan fingerprint density at radius 1 is 1.24 bits per heavy atom. The van der Waals surface area contributed by atoms with Crippen molar-refractivity contribution in [2.24, 2.45) is 5.92 Å². The van der Waals surface area contributed by atoms with E-state index in [0.29, 0.717) is 23.8 Å². The van der Waals surface area contributed by atoms with Gasteiger partial charge in [0.05, 0.1) is 0 Å². The minimum atomic E-state index is -0.527. The van der Waals surface area contributed by atoms with Gasteiger partial charge in [0.15, 0.2) is 0 Å². The third kappa shape index (κ3) is 5.55.